The van der Waals surface area contributed by atoms with Crippen molar-refractivity contribution in [2.24, 2.45) is 0 Å². The van der Waals surface area contributed by atoms with Crippen molar-refractivity contribution in [2.45, 2.75) is 12.8 Å². The molecule has 0 saturated carbocycles. The van der Waals surface area contributed by atoms with Crippen molar-refractivity contribution in [3.8, 4) is 22.7 Å². The van der Waals surface area contributed by atoms with Crippen LogP contribution in [-0.2, 0) is 6.42 Å². The van der Waals surface area contributed by atoms with Crippen LogP contribution in [-0.4, -0.2) is 45.5 Å². The van der Waals surface area contributed by atoms with Crippen molar-refractivity contribution in [3.63, 3.8) is 0 Å². The van der Waals surface area contributed by atoms with Crippen molar-refractivity contribution >= 4 is 17.4 Å². The Morgan fingerprint density at radius 3 is 2.39 bits per heavy atom. The van der Waals surface area contributed by atoms with E-state index < -0.39 is 0 Å². The number of hydrogen-bond donors (Lipinski definition) is 2. The minimum Gasteiger partial charge on any atom is -0.497 e. The summed E-state index contributed by atoms with van der Waals surface area (Å²) in [6.07, 6.45) is 0.945. The summed E-state index contributed by atoms with van der Waals surface area (Å²) in [7, 11) is 3.07. The van der Waals surface area contributed by atoms with Gasteiger partial charge in [0.15, 0.2) is 0 Å². The van der Waals surface area contributed by atoms with Crippen LogP contribution in [0.2, 0.25) is 5.02 Å². The van der Waals surface area contributed by atoms with Gasteiger partial charge in [-0.25, -0.2) is 9.75 Å². The fourth-order valence-corrected chi connectivity index (χ4v) is 2.83. The highest BCUT2D eigenvalue weighted by molar-refractivity contribution is 6.30. The Kier molecular flexibility index (Phi) is 7.17. The van der Waals surface area contributed by atoms with Gasteiger partial charge in [-0.1, -0.05) is 23.7 Å². The number of amidine groups is 1. The number of ether oxygens (including phenoxy) is 1. The van der Waals surface area contributed by atoms with Crippen molar-refractivity contribution < 1.29 is 15.4 Å². The molecule has 0 amide bonds. The first-order valence-corrected chi connectivity index (χ1v) is 8.85. The molecule has 1 aromatic heterocycles. The standard InChI is InChI=1S/C20H21ClN4O2.H2O/c1-24(26)20(22)12-7-16-13-19(14-3-5-15(21)6-4-14)25(23-16)17-8-10-18(27-2)11-9-17;/h3-6,8-11,13,22,26H,7,12H2,1-2H3;1H2. The van der Waals surface area contributed by atoms with Gasteiger partial charge in [0.1, 0.15) is 11.6 Å². The average molecular weight is 403 g/mol. The Balaban J connectivity index is 0.00000280. The van der Waals surface area contributed by atoms with Crippen LogP contribution in [0.25, 0.3) is 16.9 Å². The minimum absolute atomic E-state index is 0. The number of nitrogens with one attached hydrogen (secondary N) is 1. The summed E-state index contributed by atoms with van der Waals surface area (Å²) < 4.78 is 7.09. The van der Waals surface area contributed by atoms with Crippen LogP contribution < -0.4 is 4.74 Å². The van der Waals surface area contributed by atoms with Crippen LogP contribution >= 0.6 is 11.6 Å². The smallest absolute Gasteiger partial charge is 0.120 e. The van der Waals surface area contributed by atoms with Gasteiger partial charge in [0, 0.05) is 24.1 Å². The molecule has 0 saturated heterocycles. The molecule has 0 atom stereocenters. The molecule has 1 heterocycles. The van der Waals surface area contributed by atoms with Gasteiger partial charge >= 0.3 is 0 Å². The summed E-state index contributed by atoms with van der Waals surface area (Å²) >= 11 is 6.02. The second-order valence-corrected chi connectivity index (χ2v) is 6.54. The molecule has 4 N–H and O–H groups in total. The minimum atomic E-state index is 0. The quantitative estimate of drug-likeness (QED) is 0.373. The van der Waals surface area contributed by atoms with E-state index in [1.807, 2.05) is 59.3 Å². The number of hydroxylamine groups is 2. The molecular formula is C20H23ClN4O3. The molecule has 148 valence electrons. The first-order chi connectivity index (χ1) is 13.0. The normalized spacial score (nSPS) is 10.3. The van der Waals surface area contributed by atoms with E-state index in [-0.39, 0.29) is 11.3 Å². The Morgan fingerprint density at radius 1 is 1.18 bits per heavy atom. The van der Waals surface area contributed by atoms with Gasteiger partial charge in [-0.3, -0.25) is 10.6 Å². The van der Waals surface area contributed by atoms with Crippen molar-refractivity contribution in [2.75, 3.05) is 14.2 Å². The van der Waals surface area contributed by atoms with Crippen molar-refractivity contribution in [3.05, 3.63) is 65.3 Å². The fourth-order valence-electron chi connectivity index (χ4n) is 2.71. The zero-order chi connectivity index (χ0) is 19.4. The number of aromatic nitrogens is 2. The third kappa shape index (κ3) is 4.89. The van der Waals surface area contributed by atoms with Gasteiger partial charge in [-0.05, 0) is 48.9 Å². The molecule has 8 heteroatoms. The Morgan fingerprint density at radius 2 is 1.82 bits per heavy atom. The highest BCUT2D eigenvalue weighted by atomic mass is 35.5. The maximum Gasteiger partial charge on any atom is 0.120 e. The summed E-state index contributed by atoms with van der Waals surface area (Å²) in [6, 6.07) is 17.3. The Labute approximate surface area is 168 Å². The largest absolute Gasteiger partial charge is 0.497 e. The van der Waals surface area contributed by atoms with Gasteiger partial charge in [-0.15, -0.1) is 0 Å². The lowest BCUT2D eigenvalue weighted by Crippen LogP contribution is -2.21. The molecule has 0 unspecified atom stereocenters. The molecule has 3 aromatic rings. The van der Waals surface area contributed by atoms with E-state index >= 15 is 0 Å². The van der Waals surface area contributed by atoms with Crippen molar-refractivity contribution in [1.82, 2.24) is 14.8 Å². The number of hydrogen-bond acceptors (Lipinski definition) is 4. The third-order valence-electron chi connectivity index (χ3n) is 4.23. The Bertz CT molecular complexity index is 922. The predicted molar refractivity (Wildman–Crippen MR) is 110 cm³/mol. The van der Waals surface area contributed by atoms with E-state index in [9.17, 15) is 5.21 Å². The maximum absolute atomic E-state index is 9.35. The molecule has 0 bridgehead atoms. The topological polar surface area (TPSA) is 106 Å². The molecular weight excluding hydrogens is 380 g/mol. The Hall–Kier alpha value is -2.87. The van der Waals surface area contributed by atoms with E-state index in [0.29, 0.717) is 17.9 Å². The first kappa shape index (κ1) is 21.4. The number of aryl methyl sites for hydroxylation is 1. The van der Waals surface area contributed by atoms with Crippen LogP contribution in [0.4, 0.5) is 0 Å². The second kappa shape index (κ2) is 9.36. The molecule has 0 spiro atoms. The molecule has 2 aromatic carbocycles. The number of methoxy groups -OCH3 is 1. The molecule has 0 aliphatic rings. The van der Waals surface area contributed by atoms with Gasteiger partial charge < -0.3 is 10.2 Å². The van der Waals surface area contributed by atoms with Crippen LogP contribution in [0.1, 0.15) is 12.1 Å². The molecule has 0 fully saturated rings. The van der Waals surface area contributed by atoms with Crippen LogP contribution in [0.15, 0.2) is 54.6 Å². The first-order valence-electron chi connectivity index (χ1n) is 8.47. The molecule has 0 aliphatic carbocycles. The number of rotatable bonds is 6. The maximum atomic E-state index is 9.35. The monoisotopic (exact) mass is 402 g/mol. The summed E-state index contributed by atoms with van der Waals surface area (Å²) in [5.41, 5.74) is 3.66. The van der Waals surface area contributed by atoms with E-state index in [4.69, 9.17) is 26.8 Å². The van der Waals surface area contributed by atoms with Gasteiger partial charge in [0.25, 0.3) is 0 Å². The van der Waals surface area contributed by atoms with Gasteiger partial charge in [0.2, 0.25) is 0 Å². The lowest BCUT2D eigenvalue weighted by Gasteiger charge is -2.10. The number of nitrogens with zero attached hydrogens (tertiary/aromatic N) is 3. The predicted octanol–water partition coefficient (Wildman–Crippen LogP) is 3.61. The fraction of sp³-hybridized carbons (Fsp3) is 0.200. The molecule has 28 heavy (non-hydrogen) atoms. The van der Waals surface area contributed by atoms with E-state index in [0.717, 1.165) is 33.5 Å². The zero-order valence-corrected chi connectivity index (χ0v) is 16.4. The lowest BCUT2D eigenvalue weighted by atomic mass is 10.1. The highest BCUT2D eigenvalue weighted by Gasteiger charge is 2.13. The van der Waals surface area contributed by atoms with E-state index in [2.05, 4.69) is 0 Å². The molecule has 3 rings (SSSR count). The SMILES string of the molecule is COc1ccc(-n2nc(CCC(=N)N(C)O)cc2-c2ccc(Cl)cc2)cc1.O. The molecule has 0 radical (unpaired) electrons. The van der Waals surface area contributed by atoms with E-state index in [1.165, 1.54) is 7.05 Å². The highest BCUT2D eigenvalue weighted by Crippen LogP contribution is 2.27. The van der Waals surface area contributed by atoms with Gasteiger partial charge in [-0.2, -0.15) is 5.10 Å². The molecule has 7 nitrogen and oxygen atoms in total. The van der Waals surface area contributed by atoms with Crippen molar-refractivity contribution in [1.29, 1.82) is 5.41 Å². The number of benzene rings is 2. The molecule has 0 aliphatic heterocycles. The third-order valence-corrected chi connectivity index (χ3v) is 4.48. The summed E-state index contributed by atoms with van der Waals surface area (Å²) in [5.74, 6) is 0.917. The van der Waals surface area contributed by atoms with Crippen LogP contribution in [0, 0.1) is 5.41 Å². The summed E-state index contributed by atoms with van der Waals surface area (Å²) in [6.45, 7) is 0. The average Bonchev–Trinajstić information content (AvgIpc) is 3.11. The van der Waals surface area contributed by atoms with E-state index in [1.54, 1.807) is 7.11 Å². The summed E-state index contributed by atoms with van der Waals surface area (Å²) in [4.78, 5) is 0. The van der Waals surface area contributed by atoms with Crippen LogP contribution in [0.3, 0.4) is 0 Å². The number of halogens is 1. The summed E-state index contributed by atoms with van der Waals surface area (Å²) in [5, 5.41) is 23.3. The van der Waals surface area contributed by atoms with Gasteiger partial charge in [0.05, 0.1) is 24.2 Å². The zero-order valence-electron chi connectivity index (χ0n) is 15.7. The van der Waals surface area contributed by atoms with Crippen LogP contribution in [0.5, 0.6) is 5.75 Å². The lowest BCUT2D eigenvalue weighted by molar-refractivity contribution is 0.00999. The second-order valence-electron chi connectivity index (χ2n) is 6.11.